The first kappa shape index (κ1) is 15.4. The van der Waals surface area contributed by atoms with Gasteiger partial charge in [-0.05, 0) is 19.9 Å². The fraction of sp³-hybridized carbons (Fsp3) is 0.286. The molecular formula is C14H14F2N2O2S. The maximum atomic E-state index is 13.5. The highest BCUT2D eigenvalue weighted by Gasteiger charge is 2.32. The highest BCUT2D eigenvalue weighted by molar-refractivity contribution is 7.13. The molecule has 0 saturated carbocycles. The van der Waals surface area contributed by atoms with Crippen LogP contribution in [0.2, 0.25) is 0 Å². The molecule has 0 saturated heterocycles. The molecule has 0 fully saturated rings. The zero-order valence-electron chi connectivity index (χ0n) is 11.5. The van der Waals surface area contributed by atoms with E-state index in [4.69, 9.17) is 5.11 Å². The van der Waals surface area contributed by atoms with E-state index in [1.165, 1.54) is 23.5 Å². The predicted octanol–water partition coefficient (Wildman–Crippen LogP) is 3.40. The molecule has 0 spiro atoms. The Morgan fingerprint density at radius 1 is 1.43 bits per heavy atom. The van der Waals surface area contributed by atoms with E-state index < -0.39 is 23.0 Å². The van der Waals surface area contributed by atoms with Crippen molar-refractivity contribution in [1.29, 1.82) is 0 Å². The standard InChI is InChI=1S/C14H14F2N2O2S/c1-14(2,12(19)20)11-7-21-13(18-11)17-6-8-3-4-9(15)5-10(8)16/h3-5,7H,6H2,1-2H3,(H,17,18)(H,19,20). The van der Waals surface area contributed by atoms with Gasteiger partial charge < -0.3 is 10.4 Å². The van der Waals surface area contributed by atoms with Crippen molar-refractivity contribution in [3.8, 4) is 0 Å². The van der Waals surface area contributed by atoms with E-state index in [1.54, 1.807) is 19.2 Å². The number of hydrogen-bond donors (Lipinski definition) is 2. The first-order valence-electron chi connectivity index (χ1n) is 6.18. The molecule has 0 amide bonds. The number of aliphatic carboxylic acids is 1. The van der Waals surface area contributed by atoms with Crippen LogP contribution in [-0.2, 0) is 16.8 Å². The van der Waals surface area contributed by atoms with E-state index in [1.807, 2.05) is 0 Å². The van der Waals surface area contributed by atoms with Crippen LogP contribution in [0.3, 0.4) is 0 Å². The number of benzene rings is 1. The van der Waals surface area contributed by atoms with Crippen molar-refractivity contribution in [3.63, 3.8) is 0 Å². The van der Waals surface area contributed by atoms with Gasteiger partial charge in [0.1, 0.15) is 17.0 Å². The van der Waals surface area contributed by atoms with Crippen molar-refractivity contribution in [2.45, 2.75) is 25.8 Å². The highest BCUT2D eigenvalue weighted by Crippen LogP contribution is 2.27. The van der Waals surface area contributed by atoms with Crippen molar-refractivity contribution in [1.82, 2.24) is 4.98 Å². The van der Waals surface area contributed by atoms with Crippen LogP contribution >= 0.6 is 11.3 Å². The van der Waals surface area contributed by atoms with Crippen LogP contribution in [0.15, 0.2) is 23.6 Å². The Morgan fingerprint density at radius 2 is 2.14 bits per heavy atom. The van der Waals surface area contributed by atoms with Crippen molar-refractivity contribution in [3.05, 3.63) is 46.5 Å². The number of nitrogens with one attached hydrogen (secondary N) is 1. The molecule has 1 heterocycles. The first-order valence-corrected chi connectivity index (χ1v) is 7.06. The van der Waals surface area contributed by atoms with Crippen LogP contribution in [-0.4, -0.2) is 16.1 Å². The summed E-state index contributed by atoms with van der Waals surface area (Å²) in [4.78, 5) is 15.3. The minimum atomic E-state index is -1.09. The van der Waals surface area contributed by atoms with E-state index in [2.05, 4.69) is 10.3 Å². The number of rotatable bonds is 5. The Balaban J connectivity index is 2.08. The monoisotopic (exact) mass is 312 g/mol. The van der Waals surface area contributed by atoms with Gasteiger partial charge in [-0.2, -0.15) is 0 Å². The summed E-state index contributed by atoms with van der Waals surface area (Å²) in [5.41, 5.74) is -0.342. The largest absolute Gasteiger partial charge is 0.481 e. The lowest BCUT2D eigenvalue weighted by molar-refractivity contribution is -0.142. The van der Waals surface area contributed by atoms with Gasteiger partial charge in [0.05, 0.1) is 5.69 Å². The number of hydrogen-bond acceptors (Lipinski definition) is 4. The van der Waals surface area contributed by atoms with E-state index in [9.17, 15) is 13.6 Å². The van der Waals surface area contributed by atoms with E-state index in [0.717, 1.165) is 6.07 Å². The van der Waals surface area contributed by atoms with Gasteiger partial charge in [-0.15, -0.1) is 11.3 Å². The molecule has 4 nitrogen and oxygen atoms in total. The summed E-state index contributed by atoms with van der Waals surface area (Å²) in [5, 5.41) is 14.2. The summed E-state index contributed by atoms with van der Waals surface area (Å²) in [6, 6.07) is 3.35. The Morgan fingerprint density at radius 3 is 2.76 bits per heavy atom. The number of halogens is 2. The molecule has 2 aromatic rings. The van der Waals surface area contributed by atoms with Crippen LogP contribution < -0.4 is 5.32 Å². The summed E-state index contributed by atoms with van der Waals surface area (Å²) >= 11 is 1.24. The molecule has 0 unspecified atom stereocenters. The number of carboxylic acid groups (broad SMARTS) is 1. The van der Waals surface area contributed by atoms with Gasteiger partial charge in [-0.1, -0.05) is 6.07 Å². The average Bonchev–Trinajstić information content (AvgIpc) is 2.87. The van der Waals surface area contributed by atoms with Crippen molar-refractivity contribution >= 4 is 22.4 Å². The molecule has 112 valence electrons. The summed E-state index contributed by atoms with van der Waals surface area (Å²) in [6.07, 6.45) is 0. The van der Waals surface area contributed by atoms with Crippen molar-refractivity contribution in [2.75, 3.05) is 5.32 Å². The fourth-order valence-electron chi connectivity index (χ4n) is 1.59. The molecule has 1 aromatic heterocycles. The molecule has 0 aliphatic rings. The Bertz CT molecular complexity index is 671. The maximum absolute atomic E-state index is 13.5. The molecule has 1 aromatic carbocycles. The zero-order valence-corrected chi connectivity index (χ0v) is 12.3. The Hall–Kier alpha value is -2.02. The lowest BCUT2D eigenvalue weighted by Gasteiger charge is -2.15. The summed E-state index contributed by atoms with van der Waals surface area (Å²) in [7, 11) is 0. The third kappa shape index (κ3) is 3.36. The molecule has 0 aliphatic heterocycles. The average molecular weight is 312 g/mol. The van der Waals surface area contributed by atoms with Crippen molar-refractivity contribution in [2.24, 2.45) is 0 Å². The van der Waals surface area contributed by atoms with Gasteiger partial charge in [-0.3, -0.25) is 4.79 Å². The molecule has 0 bridgehead atoms. The second kappa shape index (κ2) is 5.77. The van der Waals surface area contributed by atoms with Gasteiger partial charge in [0.15, 0.2) is 5.13 Å². The molecule has 21 heavy (non-hydrogen) atoms. The number of carboxylic acids is 1. The molecule has 0 radical (unpaired) electrons. The SMILES string of the molecule is CC(C)(C(=O)O)c1csc(NCc2ccc(F)cc2F)n1. The minimum absolute atomic E-state index is 0.145. The quantitative estimate of drug-likeness (QED) is 0.888. The van der Waals surface area contributed by atoms with Gasteiger partial charge in [-0.25, -0.2) is 13.8 Å². The number of aromatic nitrogens is 1. The van der Waals surface area contributed by atoms with Gasteiger partial charge >= 0.3 is 5.97 Å². The summed E-state index contributed by atoms with van der Waals surface area (Å²) in [5.74, 6) is -2.23. The second-order valence-corrected chi connectivity index (χ2v) is 5.92. The normalized spacial score (nSPS) is 11.4. The van der Waals surface area contributed by atoms with Crippen LogP contribution in [0.4, 0.5) is 13.9 Å². The number of nitrogens with zero attached hydrogens (tertiary/aromatic N) is 1. The third-order valence-electron chi connectivity index (χ3n) is 3.12. The molecule has 0 aliphatic carbocycles. The van der Waals surface area contributed by atoms with Gasteiger partial charge in [0, 0.05) is 23.6 Å². The lowest BCUT2D eigenvalue weighted by atomic mass is 9.90. The number of anilines is 1. The minimum Gasteiger partial charge on any atom is -0.481 e. The van der Waals surface area contributed by atoms with Gasteiger partial charge in [0.2, 0.25) is 0 Å². The van der Waals surface area contributed by atoms with Crippen LogP contribution in [0.25, 0.3) is 0 Å². The van der Waals surface area contributed by atoms with Gasteiger partial charge in [0.25, 0.3) is 0 Å². The zero-order chi connectivity index (χ0) is 15.6. The fourth-order valence-corrected chi connectivity index (χ4v) is 2.46. The predicted molar refractivity (Wildman–Crippen MR) is 76.5 cm³/mol. The molecule has 2 rings (SSSR count). The Labute approximate surface area is 124 Å². The molecule has 0 atom stereocenters. The molecule has 7 heteroatoms. The highest BCUT2D eigenvalue weighted by atomic mass is 32.1. The number of carbonyl (C=O) groups is 1. The lowest BCUT2D eigenvalue weighted by Crippen LogP contribution is -2.28. The summed E-state index contributed by atoms with van der Waals surface area (Å²) in [6.45, 7) is 3.27. The van der Waals surface area contributed by atoms with E-state index in [-0.39, 0.29) is 6.54 Å². The Kier molecular flexibility index (Phi) is 4.22. The smallest absolute Gasteiger partial charge is 0.315 e. The number of thiazole rings is 1. The molecular weight excluding hydrogens is 298 g/mol. The van der Waals surface area contributed by atoms with Crippen LogP contribution in [0.1, 0.15) is 25.1 Å². The molecule has 2 N–H and O–H groups in total. The topological polar surface area (TPSA) is 62.2 Å². The third-order valence-corrected chi connectivity index (χ3v) is 3.92. The van der Waals surface area contributed by atoms with E-state index in [0.29, 0.717) is 16.4 Å². The second-order valence-electron chi connectivity index (χ2n) is 5.06. The van der Waals surface area contributed by atoms with Crippen LogP contribution in [0, 0.1) is 11.6 Å². The maximum Gasteiger partial charge on any atom is 0.315 e. The van der Waals surface area contributed by atoms with Crippen LogP contribution in [0.5, 0.6) is 0 Å². The first-order chi connectivity index (χ1) is 9.80. The van der Waals surface area contributed by atoms with Crippen molar-refractivity contribution < 1.29 is 18.7 Å². The summed E-state index contributed by atoms with van der Waals surface area (Å²) < 4.78 is 26.3. The van der Waals surface area contributed by atoms with E-state index >= 15 is 0 Å².